The van der Waals surface area contributed by atoms with Crippen molar-refractivity contribution >= 4 is 12.1 Å². The number of hydrogen-bond acceptors (Lipinski definition) is 13. The molecule has 0 saturated heterocycles. The Morgan fingerprint density at radius 2 is 0.873 bits per heavy atom. The Morgan fingerprint density at radius 1 is 0.527 bits per heavy atom. The molecule has 55 heavy (non-hydrogen) atoms. The first-order chi connectivity index (χ1) is 26.8. The van der Waals surface area contributed by atoms with Gasteiger partial charge in [0.15, 0.2) is 0 Å². The molecule has 3 rings (SSSR count). The van der Waals surface area contributed by atoms with Crippen LogP contribution >= 0.6 is 0 Å². The van der Waals surface area contributed by atoms with Crippen LogP contribution in [0.5, 0.6) is 0 Å². The first-order valence-electron chi connectivity index (χ1n) is 19.2. The van der Waals surface area contributed by atoms with E-state index in [9.17, 15) is 9.59 Å². The Morgan fingerprint density at radius 3 is 1.25 bits per heavy atom. The highest BCUT2D eigenvalue weighted by molar-refractivity contribution is 5.79. The predicted octanol–water partition coefficient (Wildman–Crippen LogP) is 4.75. The molecule has 0 fully saturated rings. The van der Waals surface area contributed by atoms with Crippen LogP contribution in [-0.4, -0.2) is 162 Å². The Kier molecular flexibility index (Phi) is 23.7. The van der Waals surface area contributed by atoms with E-state index < -0.39 is 5.60 Å². The van der Waals surface area contributed by atoms with Crippen molar-refractivity contribution in [2.75, 3.05) is 139 Å². The van der Waals surface area contributed by atoms with E-state index in [1.54, 1.807) is 7.05 Å². The van der Waals surface area contributed by atoms with Crippen LogP contribution in [0.4, 0.5) is 4.79 Å². The second-order valence-electron chi connectivity index (χ2n) is 13.6. The lowest BCUT2D eigenvalue weighted by Crippen LogP contribution is -2.32. The molecule has 0 radical (unpaired) electrons. The van der Waals surface area contributed by atoms with Gasteiger partial charge in [-0.1, -0.05) is 48.5 Å². The summed E-state index contributed by atoms with van der Waals surface area (Å²) >= 11 is 0. The minimum absolute atomic E-state index is 0.0353. The fraction of sp³-hybridized carbons (Fsp3) is 0.659. The van der Waals surface area contributed by atoms with Crippen LogP contribution in [0, 0.1) is 0 Å². The van der Waals surface area contributed by atoms with Gasteiger partial charge < -0.3 is 57.0 Å². The van der Waals surface area contributed by atoms with E-state index in [0.29, 0.717) is 132 Å². The largest absolute Gasteiger partial charge is 0.460 e. The van der Waals surface area contributed by atoms with E-state index in [0.717, 1.165) is 0 Å². The lowest BCUT2D eigenvalue weighted by molar-refractivity contribution is -0.156. The second-order valence-corrected chi connectivity index (χ2v) is 13.6. The maximum Gasteiger partial charge on any atom is 0.409 e. The Hall–Kier alpha value is -3.18. The van der Waals surface area contributed by atoms with Crippen LogP contribution in [0.3, 0.4) is 0 Å². The van der Waals surface area contributed by atoms with Gasteiger partial charge in [0.1, 0.15) is 12.2 Å². The summed E-state index contributed by atoms with van der Waals surface area (Å²) in [6.45, 7) is 14.3. The summed E-state index contributed by atoms with van der Waals surface area (Å²) in [5.41, 5.74) is 4.31. The highest BCUT2D eigenvalue weighted by Crippen LogP contribution is 2.44. The van der Waals surface area contributed by atoms with Gasteiger partial charge in [-0.2, -0.15) is 0 Å². The third kappa shape index (κ3) is 20.5. The Labute approximate surface area is 326 Å². The van der Waals surface area contributed by atoms with Crippen molar-refractivity contribution in [2.45, 2.75) is 38.7 Å². The highest BCUT2D eigenvalue weighted by atomic mass is 16.6. The molecule has 0 spiro atoms. The number of ether oxygens (including phenoxy) is 11. The molecule has 0 aliphatic heterocycles. The van der Waals surface area contributed by atoms with Crippen molar-refractivity contribution < 1.29 is 61.7 Å². The van der Waals surface area contributed by atoms with Gasteiger partial charge in [-0.15, -0.1) is 0 Å². The first-order valence-corrected chi connectivity index (χ1v) is 19.2. The van der Waals surface area contributed by atoms with Gasteiger partial charge in [-0.3, -0.25) is 4.79 Å². The van der Waals surface area contributed by atoms with Gasteiger partial charge in [-0.05, 0) is 43.0 Å². The van der Waals surface area contributed by atoms with Crippen molar-refractivity contribution in [1.29, 1.82) is 0 Å². The third-order valence-corrected chi connectivity index (χ3v) is 8.07. The fourth-order valence-corrected chi connectivity index (χ4v) is 5.41. The molecule has 0 atom stereocenters. The summed E-state index contributed by atoms with van der Waals surface area (Å²) < 4.78 is 60.3. The first kappa shape index (κ1) is 46.2. The Balaban J connectivity index is 0.981. The summed E-state index contributed by atoms with van der Waals surface area (Å²) in [6, 6.07) is 16.6. The molecule has 0 bridgehead atoms. The number of fused-ring (bicyclic) bond motifs is 3. The molecule has 1 aliphatic carbocycles. The van der Waals surface area contributed by atoms with E-state index in [2.05, 4.69) is 24.3 Å². The van der Waals surface area contributed by atoms with Crippen LogP contribution in [-0.2, 0) is 56.9 Å². The van der Waals surface area contributed by atoms with E-state index in [-0.39, 0.29) is 24.4 Å². The molecule has 0 aromatic heterocycles. The molecule has 0 N–H and O–H groups in total. The van der Waals surface area contributed by atoms with Crippen LogP contribution < -0.4 is 0 Å². The summed E-state index contributed by atoms with van der Waals surface area (Å²) in [5.74, 6) is -0.233. The number of benzene rings is 2. The molecule has 14 nitrogen and oxygen atoms in total. The lowest BCUT2D eigenvalue weighted by atomic mass is 9.98. The summed E-state index contributed by atoms with van der Waals surface area (Å²) in [6.07, 6.45) is -0.141. The standard InChI is InChI=1S/C41H63NO13/c1-41(2,3)55-39(43)13-15-45-17-19-47-21-23-49-25-27-51-29-31-53-32-30-52-28-26-50-24-22-48-20-18-46-16-14-42(4)40(44)54-33-38-36-11-7-5-9-34(36)35-10-6-8-12-37(35)38/h5-12,38H,13-33H2,1-4H3. The van der Waals surface area contributed by atoms with Crippen LogP contribution in [0.2, 0.25) is 0 Å². The number of hydrogen-bond donors (Lipinski definition) is 0. The van der Waals surface area contributed by atoms with Crippen LogP contribution in [0.1, 0.15) is 44.2 Å². The van der Waals surface area contributed by atoms with Gasteiger partial charge >= 0.3 is 12.1 Å². The quantitative estimate of drug-likeness (QED) is 0.0747. The van der Waals surface area contributed by atoms with Gasteiger partial charge in [0.05, 0.1) is 125 Å². The number of amides is 1. The zero-order valence-electron chi connectivity index (χ0n) is 33.3. The average molecular weight is 778 g/mol. The summed E-state index contributed by atoms with van der Waals surface area (Å²) in [4.78, 5) is 25.7. The molecule has 1 amide bonds. The van der Waals surface area contributed by atoms with Crippen molar-refractivity contribution in [3.8, 4) is 11.1 Å². The molecule has 14 heteroatoms. The number of carbonyl (C=O) groups excluding carboxylic acids is 2. The zero-order valence-corrected chi connectivity index (χ0v) is 33.3. The van der Waals surface area contributed by atoms with Crippen molar-refractivity contribution in [2.24, 2.45) is 0 Å². The predicted molar refractivity (Wildman–Crippen MR) is 206 cm³/mol. The molecule has 2 aromatic carbocycles. The van der Waals surface area contributed by atoms with Crippen molar-refractivity contribution in [1.82, 2.24) is 4.90 Å². The van der Waals surface area contributed by atoms with Crippen molar-refractivity contribution in [3.63, 3.8) is 0 Å². The Bertz CT molecular complexity index is 1280. The topological polar surface area (TPSA) is 139 Å². The molecule has 0 saturated carbocycles. The fourth-order valence-electron chi connectivity index (χ4n) is 5.41. The molecule has 0 heterocycles. The average Bonchev–Trinajstić information content (AvgIpc) is 3.48. The van der Waals surface area contributed by atoms with Gasteiger partial charge in [0.2, 0.25) is 0 Å². The van der Waals surface area contributed by atoms with E-state index >= 15 is 0 Å². The monoisotopic (exact) mass is 777 g/mol. The smallest absolute Gasteiger partial charge is 0.409 e. The van der Waals surface area contributed by atoms with Gasteiger partial charge in [0, 0.05) is 19.5 Å². The number of esters is 1. The van der Waals surface area contributed by atoms with Crippen LogP contribution in [0.25, 0.3) is 11.1 Å². The maximum absolute atomic E-state index is 12.6. The number of carbonyl (C=O) groups is 2. The summed E-state index contributed by atoms with van der Waals surface area (Å²) in [5, 5.41) is 0. The second kappa shape index (κ2) is 28.3. The molecule has 2 aromatic rings. The zero-order chi connectivity index (χ0) is 39.4. The van der Waals surface area contributed by atoms with E-state index in [1.165, 1.54) is 27.2 Å². The molecular formula is C41H63NO13. The van der Waals surface area contributed by atoms with E-state index in [1.807, 2.05) is 45.0 Å². The van der Waals surface area contributed by atoms with Gasteiger partial charge in [-0.25, -0.2) is 4.79 Å². The lowest BCUT2D eigenvalue weighted by Gasteiger charge is -2.19. The molecule has 0 unspecified atom stereocenters. The molecule has 1 aliphatic rings. The molecular weight excluding hydrogens is 714 g/mol. The van der Waals surface area contributed by atoms with Crippen LogP contribution in [0.15, 0.2) is 48.5 Å². The van der Waals surface area contributed by atoms with Gasteiger partial charge in [0.25, 0.3) is 0 Å². The van der Waals surface area contributed by atoms with Crippen molar-refractivity contribution in [3.05, 3.63) is 59.7 Å². The summed E-state index contributed by atoms with van der Waals surface area (Å²) in [7, 11) is 1.71. The SMILES string of the molecule is CN(CCOCCOCCOCCOCCOCCOCCOCCOCCOCCC(=O)OC(C)(C)C)C(=O)OCC1c2ccccc2-c2ccccc21. The number of nitrogens with zero attached hydrogens (tertiary/aromatic N) is 1. The minimum Gasteiger partial charge on any atom is -0.460 e. The third-order valence-electron chi connectivity index (χ3n) is 8.07. The normalized spacial score (nSPS) is 12.4. The number of likely N-dealkylation sites (N-methyl/N-ethyl adjacent to an activating group) is 1. The van der Waals surface area contributed by atoms with E-state index in [4.69, 9.17) is 52.1 Å². The molecule has 310 valence electrons. The number of rotatable bonds is 32. The minimum atomic E-state index is -0.479. The highest BCUT2D eigenvalue weighted by Gasteiger charge is 2.29. The maximum atomic E-state index is 12.6.